The second kappa shape index (κ2) is 9.90. The van der Waals surface area contributed by atoms with Gasteiger partial charge in [0, 0.05) is 46.3 Å². The van der Waals surface area contributed by atoms with Gasteiger partial charge in [0.1, 0.15) is 23.5 Å². The Morgan fingerprint density at radius 1 is 0.882 bits per heavy atom. The molecule has 1 amide bonds. The first-order chi connectivity index (χ1) is 16.4. The van der Waals surface area contributed by atoms with Gasteiger partial charge in [-0.15, -0.1) is 0 Å². The summed E-state index contributed by atoms with van der Waals surface area (Å²) in [6.07, 6.45) is -0.636. The number of carbonyl (C=O) groups excluding carboxylic acids is 2. The molecule has 4 aromatic rings. The Morgan fingerprint density at radius 3 is 2.50 bits per heavy atom. The molecule has 0 aliphatic rings. The minimum Gasteiger partial charge on any atom is -0.482 e. The molecular formula is C24H19NO9. The van der Waals surface area contributed by atoms with Crippen LogP contribution in [0.25, 0.3) is 21.9 Å². The zero-order valence-corrected chi connectivity index (χ0v) is 18.0. The topological polar surface area (TPSA) is 134 Å². The number of fused-ring (bicyclic) bond motifs is 2. The van der Waals surface area contributed by atoms with E-state index in [-0.39, 0.29) is 18.8 Å². The highest BCUT2D eigenvalue weighted by molar-refractivity contribution is 5.90. The third-order valence-corrected chi connectivity index (χ3v) is 4.69. The maximum atomic E-state index is 12.2. The summed E-state index contributed by atoms with van der Waals surface area (Å²) in [6.45, 7) is 1.31. The summed E-state index contributed by atoms with van der Waals surface area (Å²) >= 11 is 0. The van der Waals surface area contributed by atoms with Crippen LogP contribution in [0.1, 0.15) is 12.5 Å². The molecule has 0 unspecified atom stereocenters. The van der Waals surface area contributed by atoms with Crippen molar-refractivity contribution in [1.82, 2.24) is 0 Å². The van der Waals surface area contributed by atoms with Gasteiger partial charge in [-0.3, -0.25) is 5.32 Å². The van der Waals surface area contributed by atoms with Crippen molar-refractivity contribution in [3.05, 3.63) is 81.0 Å². The van der Waals surface area contributed by atoms with E-state index in [0.29, 0.717) is 33.4 Å². The maximum absolute atomic E-state index is 12.2. The predicted molar refractivity (Wildman–Crippen MR) is 121 cm³/mol. The van der Waals surface area contributed by atoms with Crippen LogP contribution in [0, 0.1) is 0 Å². The van der Waals surface area contributed by atoms with Crippen LogP contribution in [-0.4, -0.2) is 25.3 Å². The SMILES string of the molecule is CCOC(=O)Nc1ccc2c(COC(=O)COc3ccc4ccc(=O)oc4c3)cc(=O)oc2c1. The van der Waals surface area contributed by atoms with E-state index in [4.69, 9.17) is 23.0 Å². The van der Waals surface area contributed by atoms with E-state index < -0.39 is 29.9 Å². The Kier molecular flexibility index (Phi) is 6.58. The monoisotopic (exact) mass is 465 g/mol. The minimum absolute atomic E-state index is 0.193. The lowest BCUT2D eigenvalue weighted by Gasteiger charge is -2.10. The smallest absolute Gasteiger partial charge is 0.411 e. The van der Waals surface area contributed by atoms with Gasteiger partial charge in [-0.25, -0.2) is 19.2 Å². The average molecular weight is 465 g/mol. The van der Waals surface area contributed by atoms with E-state index >= 15 is 0 Å². The van der Waals surface area contributed by atoms with E-state index in [1.807, 2.05) is 0 Å². The molecule has 4 rings (SSSR count). The molecule has 34 heavy (non-hydrogen) atoms. The fourth-order valence-electron chi connectivity index (χ4n) is 3.19. The molecule has 10 heteroatoms. The summed E-state index contributed by atoms with van der Waals surface area (Å²) in [4.78, 5) is 47.1. The first-order valence-corrected chi connectivity index (χ1v) is 10.2. The van der Waals surface area contributed by atoms with Crippen LogP contribution in [0.5, 0.6) is 5.75 Å². The van der Waals surface area contributed by atoms with Gasteiger partial charge in [0.2, 0.25) is 0 Å². The van der Waals surface area contributed by atoms with Crippen LogP contribution in [0.3, 0.4) is 0 Å². The fourth-order valence-corrected chi connectivity index (χ4v) is 3.19. The summed E-state index contributed by atoms with van der Waals surface area (Å²) in [6, 6.07) is 13.7. The van der Waals surface area contributed by atoms with E-state index in [1.165, 1.54) is 24.3 Å². The molecule has 0 aliphatic heterocycles. The number of nitrogens with one attached hydrogen (secondary N) is 1. The summed E-state index contributed by atoms with van der Waals surface area (Å²) in [5, 5.41) is 3.77. The number of anilines is 1. The van der Waals surface area contributed by atoms with Crippen molar-refractivity contribution < 1.29 is 32.6 Å². The second-order valence-electron chi connectivity index (χ2n) is 7.05. The van der Waals surface area contributed by atoms with Crippen molar-refractivity contribution in [1.29, 1.82) is 0 Å². The lowest BCUT2D eigenvalue weighted by molar-refractivity contribution is -0.147. The molecule has 0 saturated carbocycles. The Bertz CT molecular complexity index is 1490. The van der Waals surface area contributed by atoms with Crippen molar-refractivity contribution in [2.24, 2.45) is 0 Å². The molecule has 174 valence electrons. The largest absolute Gasteiger partial charge is 0.482 e. The predicted octanol–water partition coefficient (Wildman–Crippen LogP) is 3.59. The molecule has 0 radical (unpaired) electrons. The maximum Gasteiger partial charge on any atom is 0.411 e. The third kappa shape index (κ3) is 5.41. The van der Waals surface area contributed by atoms with Crippen molar-refractivity contribution in [2.75, 3.05) is 18.5 Å². The highest BCUT2D eigenvalue weighted by Gasteiger charge is 2.12. The summed E-state index contributed by atoms with van der Waals surface area (Å²) in [5.74, 6) is -0.345. The van der Waals surface area contributed by atoms with E-state index in [0.717, 1.165) is 0 Å². The van der Waals surface area contributed by atoms with Crippen molar-refractivity contribution in [3.8, 4) is 5.75 Å². The van der Waals surface area contributed by atoms with Gasteiger partial charge in [-0.05, 0) is 37.3 Å². The van der Waals surface area contributed by atoms with Gasteiger partial charge in [0.15, 0.2) is 6.61 Å². The van der Waals surface area contributed by atoms with Crippen LogP contribution in [-0.2, 0) is 20.9 Å². The highest BCUT2D eigenvalue weighted by atomic mass is 16.6. The molecule has 2 aromatic heterocycles. The van der Waals surface area contributed by atoms with Crippen molar-refractivity contribution in [2.45, 2.75) is 13.5 Å². The molecule has 2 aromatic carbocycles. The highest BCUT2D eigenvalue weighted by Crippen LogP contribution is 2.23. The quantitative estimate of drug-likeness (QED) is 0.321. The third-order valence-electron chi connectivity index (χ3n) is 4.69. The Labute approximate surface area is 191 Å². The van der Waals surface area contributed by atoms with Crippen LogP contribution in [0.2, 0.25) is 0 Å². The number of amides is 1. The zero-order chi connectivity index (χ0) is 24.1. The number of esters is 1. The first-order valence-electron chi connectivity index (χ1n) is 10.2. The number of carbonyl (C=O) groups is 2. The second-order valence-corrected chi connectivity index (χ2v) is 7.05. The first kappa shape index (κ1) is 22.6. The molecule has 0 spiro atoms. The Balaban J connectivity index is 1.41. The number of hydrogen-bond donors (Lipinski definition) is 1. The molecule has 1 N–H and O–H groups in total. The van der Waals surface area contributed by atoms with E-state index in [9.17, 15) is 19.2 Å². The van der Waals surface area contributed by atoms with Crippen molar-refractivity contribution >= 4 is 39.7 Å². The van der Waals surface area contributed by atoms with Crippen LogP contribution in [0.4, 0.5) is 10.5 Å². The Morgan fingerprint density at radius 2 is 1.68 bits per heavy atom. The standard InChI is InChI=1S/C24H19NO9/c1-2-30-24(29)25-16-5-7-18-15(9-22(27)34-20(18)10-16)12-32-23(28)13-31-17-6-3-14-4-8-21(26)33-19(14)11-17/h3-11H,2,12-13H2,1H3,(H,25,29). The normalized spacial score (nSPS) is 10.7. The summed E-state index contributed by atoms with van der Waals surface area (Å²) in [5.41, 5.74) is 0.213. The van der Waals surface area contributed by atoms with Gasteiger partial charge >= 0.3 is 23.3 Å². The van der Waals surface area contributed by atoms with Crippen molar-refractivity contribution in [3.63, 3.8) is 0 Å². The number of hydrogen-bond acceptors (Lipinski definition) is 9. The average Bonchev–Trinajstić information content (AvgIpc) is 2.80. The lowest BCUT2D eigenvalue weighted by atomic mass is 10.1. The van der Waals surface area contributed by atoms with Gasteiger partial charge in [0.05, 0.1) is 6.61 Å². The number of ether oxygens (including phenoxy) is 3. The molecule has 0 aliphatic carbocycles. The number of benzene rings is 2. The molecule has 0 bridgehead atoms. The number of rotatable bonds is 7. The lowest BCUT2D eigenvalue weighted by Crippen LogP contribution is -2.15. The molecule has 0 fully saturated rings. The molecular weight excluding hydrogens is 446 g/mol. The summed E-state index contributed by atoms with van der Waals surface area (Å²) in [7, 11) is 0. The zero-order valence-electron chi connectivity index (χ0n) is 18.0. The summed E-state index contributed by atoms with van der Waals surface area (Å²) < 4.78 is 25.8. The molecule has 0 atom stereocenters. The van der Waals surface area contributed by atoms with E-state index in [2.05, 4.69) is 5.32 Å². The van der Waals surface area contributed by atoms with Crippen LogP contribution in [0.15, 0.2) is 73.0 Å². The molecule has 10 nitrogen and oxygen atoms in total. The molecule has 0 saturated heterocycles. The van der Waals surface area contributed by atoms with Gasteiger partial charge in [0.25, 0.3) is 0 Å². The van der Waals surface area contributed by atoms with Gasteiger partial charge in [-0.2, -0.15) is 0 Å². The van der Waals surface area contributed by atoms with Crippen LogP contribution < -0.4 is 21.3 Å². The van der Waals surface area contributed by atoms with E-state index in [1.54, 1.807) is 37.3 Å². The molecule has 2 heterocycles. The van der Waals surface area contributed by atoms with Crippen LogP contribution >= 0.6 is 0 Å². The van der Waals surface area contributed by atoms with Gasteiger partial charge in [-0.1, -0.05) is 0 Å². The Hall–Kier alpha value is -4.60. The minimum atomic E-state index is -0.670. The fraction of sp³-hybridized carbons (Fsp3) is 0.167. The van der Waals surface area contributed by atoms with Gasteiger partial charge < -0.3 is 23.0 Å².